The van der Waals surface area contributed by atoms with Gasteiger partial charge in [0.1, 0.15) is 0 Å². The van der Waals surface area contributed by atoms with Crippen LogP contribution in [0.15, 0.2) is 58.9 Å². The summed E-state index contributed by atoms with van der Waals surface area (Å²) in [6, 6.07) is 2.08. The van der Waals surface area contributed by atoms with Crippen molar-refractivity contribution in [1.82, 2.24) is 0 Å². The van der Waals surface area contributed by atoms with Gasteiger partial charge in [-0.3, -0.25) is 0 Å². The van der Waals surface area contributed by atoms with E-state index >= 15 is 0 Å². The van der Waals surface area contributed by atoms with Gasteiger partial charge in [0.05, 0.1) is 11.6 Å². The molecular formula is C13H16N2S. The predicted octanol–water partition coefficient (Wildman–Crippen LogP) is 3.29. The van der Waals surface area contributed by atoms with Crippen molar-refractivity contribution < 1.29 is 0 Å². The van der Waals surface area contributed by atoms with Crippen molar-refractivity contribution >= 4 is 11.8 Å². The van der Waals surface area contributed by atoms with E-state index in [9.17, 15) is 0 Å². The van der Waals surface area contributed by atoms with Crippen LogP contribution in [0.5, 0.6) is 0 Å². The zero-order valence-corrected chi connectivity index (χ0v) is 10.3. The lowest BCUT2D eigenvalue weighted by atomic mass is 10.3. The van der Waals surface area contributed by atoms with Gasteiger partial charge in [-0.2, -0.15) is 5.26 Å². The maximum atomic E-state index is 8.79. The predicted molar refractivity (Wildman–Crippen MR) is 72.6 cm³/mol. The Bertz CT molecular complexity index is 381. The first kappa shape index (κ1) is 14.5. The van der Waals surface area contributed by atoms with E-state index in [2.05, 4.69) is 19.2 Å². The molecule has 2 N–H and O–H groups in total. The summed E-state index contributed by atoms with van der Waals surface area (Å²) in [6.07, 6.45) is 9.15. The van der Waals surface area contributed by atoms with Crippen LogP contribution in [0, 0.1) is 11.3 Å². The van der Waals surface area contributed by atoms with Gasteiger partial charge in [0, 0.05) is 16.4 Å². The van der Waals surface area contributed by atoms with Gasteiger partial charge in [-0.25, -0.2) is 0 Å². The van der Waals surface area contributed by atoms with Crippen molar-refractivity contribution in [2.24, 2.45) is 5.73 Å². The first-order valence-electron chi connectivity index (χ1n) is 4.81. The highest BCUT2D eigenvalue weighted by molar-refractivity contribution is 8.07. The second kappa shape index (κ2) is 8.78. The molecule has 3 heteroatoms. The Morgan fingerprint density at radius 2 is 2.12 bits per heavy atom. The number of nitrogens with zero attached hydrogens (tertiary/aromatic N) is 1. The molecule has 0 saturated carbocycles. The van der Waals surface area contributed by atoms with Crippen molar-refractivity contribution in [3.63, 3.8) is 0 Å². The van der Waals surface area contributed by atoms with Crippen LogP contribution in [0.2, 0.25) is 0 Å². The fourth-order valence-electron chi connectivity index (χ4n) is 0.855. The van der Waals surface area contributed by atoms with Crippen molar-refractivity contribution in [3.05, 3.63) is 58.9 Å². The van der Waals surface area contributed by atoms with Crippen molar-refractivity contribution in [2.75, 3.05) is 6.54 Å². The SMILES string of the molecule is C=C(/C=C\C=C/CN)SC(=C)/C(C#N)=C/C. The molecule has 0 aliphatic rings. The molecule has 0 unspecified atom stereocenters. The molecule has 16 heavy (non-hydrogen) atoms. The van der Waals surface area contributed by atoms with E-state index in [4.69, 9.17) is 11.0 Å². The molecule has 0 aliphatic heterocycles. The molecular weight excluding hydrogens is 216 g/mol. The Kier molecular flexibility index (Phi) is 7.96. The highest BCUT2D eigenvalue weighted by atomic mass is 32.2. The number of rotatable bonds is 6. The minimum atomic E-state index is 0.522. The molecule has 0 aromatic rings. The number of allylic oxidation sites excluding steroid dienone is 5. The van der Waals surface area contributed by atoms with E-state index < -0.39 is 0 Å². The lowest BCUT2D eigenvalue weighted by Gasteiger charge is -2.02. The largest absolute Gasteiger partial charge is 0.327 e. The van der Waals surface area contributed by atoms with Crippen molar-refractivity contribution in [2.45, 2.75) is 6.92 Å². The summed E-state index contributed by atoms with van der Waals surface area (Å²) >= 11 is 1.38. The lowest BCUT2D eigenvalue weighted by molar-refractivity contribution is 1.25. The standard InChI is InChI=1S/C13H16N2S/c1-4-13(10-15)12(3)16-11(2)8-6-5-7-9-14/h4-8H,2-3,9,14H2,1H3/b7-5-,8-6-,13-4+. The average molecular weight is 232 g/mol. The molecule has 0 amide bonds. The fraction of sp³-hybridized carbons (Fsp3) is 0.154. The highest BCUT2D eigenvalue weighted by Gasteiger charge is 2.01. The van der Waals surface area contributed by atoms with Crippen LogP contribution in [0.4, 0.5) is 0 Å². The van der Waals surface area contributed by atoms with Gasteiger partial charge in [-0.05, 0) is 13.0 Å². The van der Waals surface area contributed by atoms with E-state index in [0.29, 0.717) is 17.0 Å². The van der Waals surface area contributed by atoms with E-state index in [1.165, 1.54) is 11.8 Å². The third kappa shape index (κ3) is 6.07. The van der Waals surface area contributed by atoms with Crippen LogP contribution in [-0.2, 0) is 0 Å². The van der Waals surface area contributed by atoms with Crippen LogP contribution in [-0.4, -0.2) is 6.54 Å². The van der Waals surface area contributed by atoms with Crippen molar-refractivity contribution in [3.8, 4) is 6.07 Å². The third-order valence-corrected chi connectivity index (χ3v) is 2.49. The molecule has 0 radical (unpaired) electrons. The van der Waals surface area contributed by atoms with Crippen LogP contribution in [0.3, 0.4) is 0 Å². The third-order valence-electron chi connectivity index (χ3n) is 1.63. The minimum absolute atomic E-state index is 0.522. The molecule has 0 spiro atoms. The van der Waals surface area contributed by atoms with Gasteiger partial charge in [0.2, 0.25) is 0 Å². The number of thioether (sulfide) groups is 1. The quantitative estimate of drug-likeness (QED) is 0.564. The van der Waals surface area contributed by atoms with E-state index in [1.807, 2.05) is 31.2 Å². The van der Waals surface area contributed by atoms with Gasteiger partial charge >= 0.3 is 0 Å². The highest BCUT2D eigenvalue weighted by Crippen LogP contribution is 2.28. The average Bonchev–Trinajstić information content (AvgIpc) is 2.26. The van der Waals surface area contributed by atoms with E-state index in [-0.39, 0.29) is 0 Å². The van der Waals surface area contributed by atoms with Gasteiger partial charge in [-0.15, -0.1) is 0 Å². The van der Waals surface area contributed by atoms with Gasteiger partial charge in [0.25, 0.3) is 0 Å². The molecule has 0 rings (SSSR count). The Labute approximate surface area is 102 Å². The Hall–Kier alpha value is -1.50. The molecule has 0 aromatic heterocycles. The molecule has 84 valence electrons. The molecule has 2 nitrogen and oxygen atoms in total. The Morgan fingerprint density at radius 3 is 2.62 bits per heavy atom. The second-order valence-electron chi connectivity index (χ2n) is 2.83. The summed E-state index contributed by atoms with van der Waals surface area (Å²) in [6.45, 7) is 10.0. The summed E-state index contributed by atoms with van der Waals surface area (Å²) in [4.78, 5) is 1.55. The van der Waals surface area contributed by atoms with Gasteiger partial charge < -0.3 is 5.73 Å². The maximum Gasteiger partial charge on any atom is 0.0999 e. The zero-order chi connectivity index (χ0) is 12.4. The number of hydrogen-bond donors (Lipinski definition) is 1. The number of nitrogens with two attached hydrogens (primary N) is 1. The fourth-order valence-corrected chi connectivity index (χ4v) is 1.59. The Balaban J connectivity index is 4.27. The second-order valence-corrected chi connectivity index (χ2v) is 4.05. The minimum Gasteiger partial charge on any atom is -0.327 e. The van der Waals surface area contributed by atoms with Gasteiger partial charge in [0.15, 0.2) is 0 Å². The lowest BCUT2D eigenvalue weighted by Crippen LogP contribution is -1.91. The molecule has 0 aromatic carbocycles. The Morgan fingerprint density at radius 1 is 1.44 bits per heavy atom. The number of hydrogen-bond acceptors (Lipinski definition) is 3. The summed E-state index contributed by atoms with van der Waals surface area (Å²) in [5.41, 5.74) is 5.88. The van der Waals surface area contributed by atoms with Crippen LogP contribution < -0.4 is 5.73 Å². The van der Waals surface area contributed by atoms with E-state index in [0.717, 1.165) is 4.91 Å². The summed E-state index contributed by atoms with van der Waals surface area (Å²) in [5.74, 6) is 0. The smallest absolute Gasteiger partial charge is 0.0999 e. The molecule has 0 atom stereocenters. The summed E-state index contributed by atoms with van der Waals surface area (Å²) in [5, 5.41) is 8.79. The first-order chi connectivity index (χ1) is 7.65. The molecule has 0 bridgehead atoms. The zero-order valence-electron chi connectivity index (χ0n) is 9.44. The molecule has 0 heterocycles. The van der Waals surface area contributed by atoms with Crippen LogP contribution in [0.25, 0.3) is 0 Å². The van der Waals surface area contributed by atoms with Crippen LogP contribution in [0.1, 0.15) is 6.92 Å². The molecule has 0 aliphatic carbocycles. The van der Waals surface area contributed by atoms with Crippen LogP contribution >= 0.6 is 11.8 Å². The topological polar surface area (TPSA) is 49.8 Å². The normalized spacial score (nSPS) is 11.9. The number of nitriles is 1. The van der Waals surface area contributed by atoms with Crippen molar-refractivity contribution in [1.29, 1.82) is 5.26 Å². The maximum absolute atomic E-state index is 8.79. The molecule has 0 saturated heterocycles. The first-order valence-corrected chi connectivity index (χ1v) is 5.63. The monoisotopic (exact) mass is 232 g/mol. The summed E-state index contributed by atoms with van der Waals surface area (Å²) < 4.78 is 0. The van der Waals surface area contributed by atoms with E-state index in [1.54, 1.807) is 6.08 Å². The summed E-state index contributed by atoms with van der Waals surface area (Å²) in [7, 11) is 0. The molecule has 0 fully saturated rings. The van der Waals surface area contributed by atoms with Gasteiger partial charge in [-0.1, -0.05) is 49.2 Å².